The van der Waals surface area contributed by atoms with E-state index < -0.39 is 17.3 Å². The van der Waals surface area contributed by atoms with Gasteiger partial charge in [-0.1, -0.05) is 6.07 Å². The number of nitrogens with one attached hydrogen (secondary N) is 1. The second kappa shape index (κ2) is 6.22. The van der Waals surface area contributed by atoms with Crippen molar-refractivity contribution in [2.45, 2.75) is 31.7 Å². The molecule has 1 aromatic carbocycles. The molecule has 1 aliphatic heterocycles. The summed E-state index contributed by atoms with van der Waals surface area (Å²) in [7, 11) is 0. The standard InChI is InChI=1S/C15H19FN2O3/c1-15(14(20)21)7-3-8-18(15)9-6-13(19)17-12-5-2-4-11(16)10-12/h2,4-5,10H,3,6-9H2,1H3,(H,17,19)(H,20,21). The van der Waals surface area contributed by atoms with E-state index in [9.17, 15) is 19.1 Å². The maximum absolute atomic E-state index is 13.0. The van der Waals surface area contributed by atoms with Gasteiger partial charge < -0.3 is 10.4 Å². The van der Waals surface area contributed by atoms with Crippen LogP contribution in [0.5, 0.6) is 0 Å². The number of carbonyl (C=O) groups is 2. The lowest BCUT2D eigenvalue weighted by atomic mass is 9.99. The number of hydrogen-bond donors (Lipinski definition) is 2. The van der Waals surface area contributed by atoms with Crippen LogP contribution < -0.4 is 5.32 Å². The number of likely N-dealkylation sites (tertiary alicyclic amines) is 1. The van der Waals surface area contributed by atoms with Crippen molar-refractivity contribution in [3.63, 3.8) is 0 Å². The highest BCUT2D eigenvalue weighted by Gasteiger charge is 2.42. The zero-order chi connectivity index (χ0) is 15.5. The fourth-order valence-electron chi connectivity index (χ4n) is 2.65. The summed E-state index contributed by atoms with van der Waals surface area (Å²) in [6, 6.07) is 5.68. The van der Waals surface area contributed by atoms with Crippen LogP contribution in [0, 0.1) is 5.82 Å². The normalized spacial score (nSPS) is 22.2. The van der Waals surface area contributed by atoms with Gasteiger partial charge in [-0.15, -0.1) is 0 Å². The average molecular weight is 294 g/mol. The van der Waals surface area contributed by atoms with E-state index in [-0.39, 0.29) is 12.3 Å². The summed E-state index contributed by atoms with van der Waals surface area (Å²) in [5.74, 6) is -1.52. The third-order valence-electron chi connectivity index (χ3n) is 3.97. The van der Waals surface area contributed by atoms with E-state index in [4.69, 9.17) is 0 Å². The smallest absolute Gasteiger partial charge is 0.323 e. The average Bonchev–Trinajstić information content (AvgIpc) is 2.79. The first-order chi connectivity index (χ1) is 9.91. The lowest BCUT2D eigenvalue weighted by Crippen LogP contribution is -2.48. The van der Waals surface area contributed by atoms with Crippen LogP contribution in [-0.4, -0.2) is 40.5 Å². The minimum absolute atomic E-state index is 0.180. The summed E-state index contributed by atoms with van der Waals surface area (Å²) in [6.45, 7) is 2.74. The van der Waals surface area contributed by atoms with Crippen molar-refractivity contribution >= 4 is 17.6 Å². The molecule has 6 heteroatoms. The molecule has 0 bridgehead atoms. The monoisotopic (exact) mass is 294 g/mol. The van der Waals surface area contributed by atoms with Crippen LogP contribution in [0.3, 0.4) is 0 Å². The van der Waals surface area contributed by atoms with Crippen molar-refractivity contribution < 1.29 is 19.1 Å². The molecule has 1 saturated heterocycles. The highest BCUT2D eigenvalue weighted by molar-refractivity contribution is 5.90. The zero-order valence-electron chi connectivity index (χ0n) is 11.9. The number of hydrogen-bond acceptors (Lipinski definition) is 3. The molecule has 2 N–H and O–H groups in total. The number of amides is 1. The quantitative estimate of drug-likeness (QED) is 0.872. The minimum Gasteiger partial charge on any atom is -0.480 e. The van der Waals surface area contributed by atoms with E-state index in [1.807, 2.05) is 4.90 Å². The van der Waals surface area contributed by atoms with Crippen LogP contribution in [-0.2, 0) is 9.59 Å². The van der Waals surface area contributed by atoms with Crippen molar-refractivity contribution in [2.24, 2.45) is 0 Å². The summed E-state index contributed by atoms with van der Waals surface area (Å²) in [5.41, 5.74) is -0.485. The van der Waals surface area contributed by atoms with E-state index in [0.717, 1.165) is 6.42 Å². The summed E-state index contributed by atoms with van der Waals surface area (Å²) < 4.78 is 13.0. The van der Waals surface area contributed by atoms with Crippen molar-refractivity contribution in [3.8, 4) is 0 Å². The number of halogens is 1. The molecule has 1 aliphatic rings. The van der Waals surface area contributed by atoms with Gasteiger partial charge in [0.1, 0.15) is 11.4 Å². The van der Waals surface area contributed by atoms with E-state index in [2.05, 4.69) is 5.32 Å². The maximum Gasteiger partial charge on any atom is 0.323 e. The molecule has 1 amide bonds. The predicted molar refractivity (Wildman–Crippen MR) is 76.5 cm³/mol. The maximum atomic E-state index is 13.0. The molecule has 114 valence electrons. The number of nitrogens with zero attached hydrogens (tertiary/aromatic N) is 1. The molecule has 5 nitrogen and oxygen atoms in total. The number of carbonyl (C=O) groups excluding carboxylic acids is 1. The lowest BCUT2D eigenvalue weighted by molar-refractivity contribution is -0.148. The largest absolute Gasteiger partial charge is 0.480 e. The van der Waals surface area contributed by atoms with Crippen LogP contribution in [0.2, 0.25) is 0 Å². The SMILES string of the molecule is CC1(C(=O)O)CCCN1CCC(=O)Nc1cccc(F)c1. The molecule has 1 heterocycles. The van der Waals surface area contributed by atoms with Gasteiger partial charge in [-0.05, 0) is 44.5 Å². The van der Waals surface area contributed by atoms with E-state index in [0.29, 0.717) is 25.2 Å². The highest BCUT2D eigenvalue weighted by Crippen LogP contribution is 2.29. The Kier molecular flexibility index (Phi) is 4.57. The number of anilines is 1. The van der Waals surface area contributed by atoms with Crippen molar-refractivity contribution in [1.82, 2.24) is 4.90 Å². The third kappa shape index (κ3) is 3.58. The molecule has 1 fully saturated rings. The molecule has 1 aromatic rings. The van der Waals surface area contributed by atoms with Gasteiger partial charge >= 0.3 is 5.97 Å². The molecule has 2 rings (SSSR count). The second-order valence-corrected chi connectivity index (χ2v) is 5.48. The Morgan fingerprint density at radius 1 is 1.48 bits per heavy atom. The third-order valence-corrected chi connectivity index (χ3v) is 3.97. The van der Waals surface area contributed by atoms with Crippen molar-refractivity contribution in [1.29, 1.82) is 0 Å². The summed E-state index contributed by atoms with van der Waals surface area (Å²) >= 11 is 0. The molecular formula is C15H19FN2O3. The second-order valence-electron chi connectivity index (χ2n) is 5.48. The highest BCUT2D eigenvalue weighted by atomic mass is 19.1. The Hall–Kier alpha value is -1.95. The Bertz CT molecular complexity index is 549. The van der Waals surface area contributed by atoms with Crippen LogP contribution in [0.1, 0.15) is 26.2 Å². The molecule has 0 spiro atoms. The van der Waals surface area contributed by atoms with Crippen LogP contribution in [0.25, 0.3) is 0 Å². The number of benzene rings is 1. The van der Waals surface area contributed by atoms with Gasteiger partial charge in [0.05, 0.1) is 0 Å². The Labute approximate surface area is 122 Å². The zero-order valence-corrected chi connectivity index (χ0v) is 11.9. The van der Waals surface area contributed by atoms with Gasteiger partial charge in [-0.2, -0.15) is 0 Å². The number of aliphatic carboxylic acids is 1. The first kappa shape index (κ1) is 15.4. The molecule has 0 aromatic heterocycles. The summed E-state index contributed by atoms with van der Waals surface area (Å²) in [5, 5.41) is 11.9. The van der Waals surface area contributed by atoms with Gasteiger partial charge in [-0.3, -0.25) is 14.5 Å². The molecule has 1 atom stereocenters. The van der Waals surface area contributed by atoms with Gasteiger partial charge in [0, 0.05) is 18.7 Å². The lowest BCUT2D eigenvalue weighted by Gasteiger charge is -2.30. The predicted octanol–water partition coefficient (Wildman–Crippen LogP) is 2.09. The van der Waals surface area contributed by atoms with E-state index in [1.54, 1.807) is 13.0 Å². The number of carboxylic acids is 1. The van der Waals surface area contributed by atoms with Crippen LogP contribution in [0.15, 0.2) is 24.3 Å². The summed E-state index contributed by atoms with van der Waals surface area (Å²) in [4.78, 5) is 25.0. The number of rotatable bonds is 5. The van der Waals surface area contributed by atoms with Gasteiger partial charge in [0.2, 0.25) is 5.91 Å². The van der Waals surface area contributed by atoms with E-state index >= 15 is 0 Å². The van der Waals surface area contributed by atoms with Gasteiger partial charge in [-0.25, -0.2) is 4.39 Å². The molecule has 0 aliphatic carbocycles. The Morgan fingerprint density at radius 2 is 2.24 bits per heavy atom. The fraction of sp³-hybridized carbons (Fsp3) is 0.467. The van der Waals surface area contributed by atoms with Crippen LogP contribution in [0.4, 0.5) is 10.1 Å². The Balaban J connectivity index is 1.88. The topological polar surface area (TPSA) is 69.6 Å². The summed E-state index contributed by atoms with van der Waals surface area (Å²) in [6.07, 6.45) is 1.58. The fourth-order valence-corrected chi connectivity index (χ4v) is 2.65. The minimum atomic E-state index is -0.890. The molecule has 0 saturated carbocycles. The molecule has 0 radical (unpaired) electrons. The van der Waals surface area contributed by atoms with E-state index in [1.165, 1.54) is 18.2 Å². The molecule has 1 unspecified atom stereocenters. The molecule has 21 heavy (non-hydrogen) atoms. The van der Waals surface area contributed by atoms with Crippen molar-refractivity contribution in [3.05, 3.63) is 30.1 Å². The first-order valence-corrected chi connectivity index (χ1v) is 6.96. The first-order valence-electron chi connectivity index (χ1n) is 6.96. The number of carboxylic acid groups (broad SMARTS) is 1. The van der Waals surface area contributed by atoms with Crippen molar-refractivity contribution in [2.75, 3.05) is 18.4 Å². The van der Waals surface area contributed by atoms with Gasteiger partial charge in [0.15, 0.2) is 0 Å². The Morgan fingerprint density at radius 3 is 2.90 bits per heavy atom. The van der Waals surface area contributed by atoms with Crippen LogP contribution >= 0.6 is 0 Å². The van der Waals surface area contributed by atoms with Gasteiger partial charge in [0.25, 0.3) is 0 Å². The molecular weight excluding hydrogens is 275 g/mol.